The molecule has 21 heavy (non-hydrogen) atoms. The third-order valence-corrected chi connectivity index (χ3v) is 3.11. The van der Waals surface area contributed by atoms with Crippen LogP contribution in [0, 0.1) is 0 Å². The van der Waals surface area contributed by atoms with Crippen LogP contribution >= 0.6 is 0 Å². The molecule has 0 aromatic heterocycles. The topological polar surface area (TPSA) is 38.7 Å². The molecule has 108 valence electrons. The fraction of sp³-hybridized carbons (Fsp3) is 0.176. The molecule has 2 rings (SSSR count). The quantitative estimate of drug-likeness (QED) is 0.625. The number of halogens is 1. The maximum absolute atomic E-state index is 15.5. The van der Waals surface area contributed by atoms with E-state index in [0.29, 0.717) is 11.1 Å². The highest BCUT2D eigenvalue weighted by Crippen LogP contribution is 2.32. The van der Waals surface area contributed by atoms with Gasteiger partial charge in [0, 0.05) is 6.21 Å². The first kappa shape index (κ1) is 14.9. The number of esters is 1. The van der Waals surface area contributed by atoms with Crippen molar-refractivity contribution in [2.24, 2.45) is 4.99 Å². The minimum atomic E-state index is -1.88. The Hall–Kier alpha value is -2.49. The van der Waals surface area contributed by atoms with Gasteiger partial charge in [-0.3, -0.25) is 9.79 Å². The van der Waals surface area contributed by atoms with Gasteiger partial charge < -0.3 is 4.74 Å². The lowest BCUT2D eigenvalue weighted by Gasteiger charge is -2.22. The number of benzene rings is 2. The number of nitrogens with zero attached hydrogens (tertiary/aromatic N) is 1. The molecule has 0 bridgehead atoms. The van der Waals surface area contributed by atoms with Gasteiger partial charge in [-0.15, -0.1) is 0 Å². The second-order valence-electron chi connectivity index (χ2n) is 4.49. The van der Waals surface area contributed by atoms with Gasteiger partial charge in [-0.1, -0.05) is 60.7 Å². The molecule has 2 aromatic carbocycles. The molecule has 0 aliphatic carbocycles. The summed E-state index contributed by atoms with van der Waals surface area (Å²) in [5.74, 6) is -0.505. The Labute approximate surface area is 123 Å². The smallest absolute Gasteiger partial charge is 0.327 e. The number of ether oxygens (including phenoxy) is 1. The Morgan fingerprint density at radius 3 is 2.00 bits per heavy atom. The molecule has 0 amide bonds. The highest BCUT2D eigenvalue weighted by Gasteiger charge is 2.32. The van der Waals surface area contributed by atoms with Crippen molar-refractivity contribution in [2.45, 2.75) is 5.67 Å². The predicted octanol–water partition coefficient (Wildman–Crippen LogP) is 3.14. The number of carbonyl (C=O) groups excluding carboxylic acids is 1. The lowest BCUT2D eigenvalue weighted by molar-refractivity contribution is -0.138. The summed E-state index contributed by atoms with van der Waals surface area (Å²) in [7, 11) is 1.27. The Morgan fingerprint density at radius 2 is 1.57 bits per heavy atom. The van der Waals surface area contributed by atoms with Crippen molar-refractivity contribution in [1.82, 2.24) is 0 Å². The van der Waals surface area contributed by atoms with Crippen LogP contribution in [0.4, 0.5) is 4.39 Å². The van der Waals surface area contributed by atoms with Crippen molar-refractivity contribution in [2.75, 3.05) is 13.7 Å². The van der Waals surface area contributed by atoms with Crippen LogP contribution in [0.2, 0.25) is 0 Å². The zero-order valence-electron chi connectivity index (χ0n) is 11.7. The molecule has 2 aromatic rings. The molecule has 0 unspecified atom stereocenters. The van der Waals surface area contributed by atoms with Crippen LogP contribution < -0.4 is 0 Å². The molecule has 0 atom stereocenters. The van der Waals surface area contributed by atoms with Crippen molar-refractivity contribution in [1.29, 1.82) is 0 Å². The first-order chi connectivity index (χ1) is 10.2. The van der Waals surface area contributed by atoms with Gasteiger partial charge in [0.05, 0.1) is 7.11 Å². The van der Waals surface area contributed by atoms with Crippen LogP contribution in [0.3, 0.4) is 0 Å². The summed E-state index contributed by atoms with van der Waals surface area (Å²) in [6.07, 6.45) is 1.16. The minimum absolute atomic E-state index is 0.207. The molecule has 0 spiro atoms. The van der Waals surface area contributed by atoms with E-state index in [4.69, 9.17) is 0 Å². The van der Waals surface area contributed by atoms with E-state index in [9.17, 15) is 4.79 Å². The van der Waals surface area contributed by atoms with E-state index in [-0.39, 0.29) is 6.54 Å². The summed E-state index contributed by atoms with van der Waals surface area (Å²) in [5.41, 5.74) is -0.953. The zero-order valence-corrected chi connectivity index (χ0v) is 11.7. The first-order valence-corrected chi connectivity index (χ1v) is 6.54. The average molecular weight is 285 g/mol. The molecule has 0 saturated heterocycles. The number of hydrogen-bond acceptors (Lipinski definition) is 3. The first-order valence-electron chi connectivity index (χ1n) is 6.54. The third-order valence-electron chi connectivity index (χ3n) is 3.11. The molecule has 0 saturated carbocycles. The van der Waals surface area contributed by atoms with E-state index in [1.54, 1.807) is 48.5 Å². The van der Waals surface area contributed by atoms with Crippen LogP contribution in [-0.2, 0) is 15.2 Å². The Morgan fingerprint density at radius 1 is 1.10 bits per heavy atom. The molecule has 0 aliphatic heterocycles. The van der Waals surface area contributed by atoms with E-state index in [1.807, 2.05) is 12.1 Å². The molecule has 0 fully saturated rings. The Bertz CT molecular complexity index is 572. The fourth-order valence-corrected chi connectivity index (χ4v) is 1.99. The van der Waals surface area contributed by atoms with Gasteiger partial charge in [-0.2, -0.15) is 0 Å². The number of rotatable bonds is 5. The van der Waals surface area contributed by atoms with Gasteiger partial charge >= 0.3 is 5.97 Å². The lowest BCUT2D eigenvalue weighted by atomic mass is 9.89. The molecule has 0 aliphatic rings. The summed E-state index contributed by atoms with van der Waals surface area (Å²) < 4.78 is 20.0. The molecular weight excluding hydrogens is 269 g/mol. The maximum atomic E-state index is 15.5. The molecule has 0 radical (unpaired) electrons. The van der Waals surface area contributed by atoms with Crippen molar-refractivity contribution in [3.8, 4) is 0 Å². The van der Waals surface area contributed by atoms with Crippen molar-refractivity contribution in [3.63, 3.8) is 0 Å². The van der Waals surface area contributed by atoms with Crippen molar-refractivity contribution < 1.29 is 13.9 Å². The second-order valence-corrected chi connectivity index (χ2v) is 4.49. The van der Waals surface area contributed by atoms with Crippen LogP contribution in [0.25, 0.3) is 0 Å². The van der Waals surface area contributed by atoms with Crippen LogP contribution in [-0.4, -0.2) is 25.8 Å². The summed E-state index contributed by atoms with van der Waals surface area (Å²) in [6, 6.07) is 17.5. The number of hydrogen-bond donors (Lipinski definition) is 0. The molecule has 4 heteroatoms. The number of aliphatic imine (C=N–C) groups is 1. The SMILES string of the molecule is COC(=O)CN=CC(F)(c1ccccc1)c1ccccc1. The van der Waals surface area contributed by atoms with Gasteiger partial charge in [0.1, 0.15) is 6.54 Å². The number of methoxy groups -OCH3 is 1. The van der Waals surface area contributed by atoms with E-state index in [1.165, 1.54) is 7.11 Å². The van der Waals surface area contributed by atoms with Crippen LogP contribution in [0.15, 0.2) is 65.7 Å². The van der Waals surface area contributed by atoms with Crippen LogP contribution in [0.5, 0.6) is 0 Å². The highest BCUT2D eigenvalue weighted by molar-refractivity contribution is 5.80. The highest BCUT2D eigenvalue weighted by atomic mass is 19.1. The molecular formula is C17H16FNO2. The fourth-order valence-electron chi connectivity index (χ4n) is 1.99. The van der Waals surface area contributed by atoms with Crippen molar-refractivity contribution >= 4 is 12.2 Å². The third kappa shape index (κ3) is 3.54. The van der Waals surface area contributed by atoms with Crippen LogP contribution in [0.1, 0.15) is 11.1 Å². The van der Waals surface area contributed by atoms with E-state index < -0.39 is 11.6 Å². The predicted molar refractivity (Wildman–Crippen MR) is 80.1 cm³/mol. The largest absolute Gasteiger partial charge is 0.468 e. The Balaban J connectivity index is 2.38. The van der Waals surface area contributed by atoms with Gasteiger partial charge in [0.2, 0.25) is 0 Å². The summed E-state index contributed by atoms with van der Waals surface area (Å²) in [4.78, 5) is 15.0. The standard InChI is InChI=1S/C17H16FNO2/c1-21-16(20)12-19-13-17(18,14-8-4-2-5-9-14)15-10-6-3-7-11-15/h2-11,13H,12H2,1H3. The van der Waals surface area contributed by atoms with E-state index in [2.05, 4.69) is 9.73 Å². The zero-order chi connectivity index (χ0) is 15.1. The summed E-state index contributed by atoms with van der Waals surface area (Å²) in [5, 5.41) is 0. The average Bonchev–Trinajstić information content (AvgIpc) is 2.56. The summed E-state index contributed by atoms with van der Waals surface area (Å²) in [6.45, 7) is -0.207. The summed E-state index contributed by atoms with van der Waals surface area (Å²) >= 11 is 0. The number of alkyl halides is 1. The van der Waals surface area contributed by atoms with Gasteiger partial charge in [0.15, 0.2) is 5.67 Å². The van der Waals surface area contributed by atoms with Crippen molar-refractivity contribution in [3.05, 3.63) is 71.8 Å². The van der Waals surface area contributed by atoms with Gasteiger partial charge in [-0.25, -0.2) is 4.39 Å². The minimum Gasteiger partial charge on any atom is -0.468 e. The maximum Gasteiger partial charge on any atom is 0.327 e. The molecule has 3 nitrogen and oxygen atoms in total. The molecule has 0 N–H and O–H groups in total. The number of carbonyl (C=O) groups is 1. The second kappa shape index (κ2) is 6.79. The normalized spacial score (nSPS) is 11.5. The lowest BCUT2D eigenvalue weighted by Crippen LogP contribution is -2.24. The Kier molecular flexibility index (Phi) is 4.82. The van der Waals surface area contributed by atoms with E-state index in [0.717, 1.165) is 6.21 Å². The van der Waals surface area contributed by atoms with Gasteiger partial charge in [0.25, 0.3) is 0 Å². The monoisotopic (exact) mass is 285 g/mol. The molecule has 0 heterocycles. The van der Waals surface area contributed by atoms with Gasteiger partial charge in [-0.05, 0) is 11.1 Å². The van der Waals surface area contributed by atoms with E-state index >= 15 is 4.39 Å².